The van der Waals surface area contributed by atoms with E-state index in [4.69, 9.17) is 10.00 Å². The summed E-state index contributed by atoms with van der Waals surface area (Å²) in [7, 11) is 0. The highest BCUT2D eigenvalue weighted by Crippen LogP contribution is 2.18. The number of hydrogen-bond donors (Lipinski definition) is 0. The molecule has 0 unspecified atom stereocenters. The lowest BCUT2D eigenvalue weighted by Crippen LogP contribution is -2.31. The minimum absolute atomic E-state index is 0.175. The summed E-state index contributed by atoms with van der Waals surface area (Å²) in [5.41, 5.74) is 0.247. The van der Waals surface area contributed by atoms with Gasteiger partial charge in [-0.2, -0.15) is 5.26 Å². The van der Waals surface area contributed by atoms with Gasteiger partial charge in [-0.25, -0.2) is 4.79 Å². The van der Waals surface area contributed by atoms with Crippen molar-refractivity contribution in [3.8, 4) is 6.07 Å². The Labute approximate surface area is 101 Å². The van der Waals surface area contributed by atoms with Crippen LogP contribution in [0.4, 0.5) is 0 Å². The van der Waals surface area contributed by atoms with Gasteiger partial charge >= 0.3 is 5.97 Å². The first-order valence-electron chi connectivity index (χ1n) is 5.31. The second kappa shape index (κ2) is 5.31. The molecule has 88 valence electrons. The summed E-state index contributed by atoms with van der Waals surface area (Å²) in [5, 5.41) is 8.54. The van der Waals surface area contributed by atoms with Gasteiger partial charge in [0.25, 0.3) is 0 Å². The summed E-state index contributed by atoms with van der Waals surface area (Å²) < 4.78 is 5.23. The molecule has 0 radical (unpaired) electrons. The Kier molecular flexibility index (Phi) is 4.06. The van der Waals surface area contributed by atoms with Gasteiger partial charge in [-0.1, -0.05) is 36.9 Å². The summed E-state index contributed by atoms with van der Waals surface area (Å²) in [6.45, 7) is 6.94. The summed E-state index contributed by atoms with van der Waals surface area (Å²) in [4.78, 5) is 11.4. The van der Waals surface area contributed by atoms with Gasteiger partial charge in [-0.05, 0) is 19.4 Å². The van der Waals surface area contributed by atoms with E-state index in [2.05, 4.69) is 6.58 Å². The third-order valence-electron chi connectivity index (χ3n) is 2.22. The van der Waals surface area contributed by atoms with E-state index in [0.717, 1.165) is 5.56 Å². The van der Waals surface area contributed by atoms with Crippen LogP contribution < -0.4 is 0 Å². The Morgan fingerprint density at radius 3 is 2.53 bits per heavy atom. The highest BCUT2D eigenvalue weighted by Gasteiger charge is 2.24. The molecule has 1 rings (SSSR count). The Bertz CT molecular complexity index is 455. The number of benzene rings is 1. The zero-order chi connectivity index (χ0) is 12.9. The van der Waals surface area contributed by atoms with Gasteiger partial charge in [0.2, 0.25) is 0 Å². The van der Waals surface area contributed by atoms with Crippen molar-refractivity contribution in [2.45, 2.75) is 25.9 Å². The average Bonchev–Trinajstić information content (AvgIpc) is 2.27. The van der Waals surface area contributed by atoms with Crippen molar-refractivity contribution in [2.24, 2.45) is 0 Å². The predicted octanol–water partition coefficient (Wildman–Crippen LogP) is 2.63. The van der Waals surface area contributed by atoms with Crippen molar-refractivity contribution in [1.29, 1.82) is 5.26 Å². The van der Waals surface area contributed by atoms with Crippen LogP contribution in [0.1, 0.15) is 19.4 Å². The lowest BCUT2D eigenvalue weighted by molar-refractivity contribution is -0.150. The van der Waals surface area contributed by atoms with Crippen LogP contribution >= 0.6 is 0 Å². The SMILES string of the molecule is C=C(C#N)C(=O)OC(C)(C)Cc1ccccc1. The largest absolute Gasteiger partial charge is 0.455 e. The van der Waals surface area contributed by atoms with E-state index in [0.29, 0.717) is 6.42 Å². The van der Waals surface area contributed by atoms with Gasteiger partial charge in [-0.15, -0.1) is 0 Å². The van der Waals surface area contributed by atoms with Gasteiger partial charge in [-0.3, -0.25) is 0 Å². The van der Waals surface area contributed by atoms with Crippen LogP contribution in [0.5, 0.6) is 0 Å². The quantitative estimate of drug-likeness (QED) is 0.453. The van der Waals surface area contributed by atoms with Crippen molar-refractivity contribution in [3.05, 3.63) is 48.0 Å². The second-order valence-electron chi connectivity index (χ2n) is 4.40. The minimum Gasteiger partial charge on any atom is -0.455 e. The number of ether oxygens (including phenoxy) is 1. The molecule has 0 saturated heterocycles. The number of esters is 1. The van der Waals surface area contributed by atoms with Gasteiger partial charge < -0.3 is 4.74 Å². The number of carbonyl (C=O) groups excluding carboxylic acids is 1. The molecule has 1 aromatic carbocycles. The van der Waals surface area contributed by atoms with Gasteiger partial charge in [0, 0.05) is 6.42 Å². The van der Waals surface area contributed by atoms with E-state index in [1.54, 1.807) is 6.07 Å². The third kappa shape index (κ3) is 4.12. The van der Waals surface area contributed by atoms with Crippen molar-refractivity contribution < 1.29 is 9.53 Å². The van der Waals surface area contributed by atoms with Crippen LogP contribution in [0.3, 0.4) is 0 Å². The first kappa shape index (κ1) is 13.0. The monoisotopic (exact) mass is 229 g/mol. The van der Waals surface area contributed by atoms with E-state index in [1.807, 2.05) is 44.2 Å². The molecule has 0 aliphatic heterocycles. The molecule has 0 heterocycles. The molecule has 0 fully saturated rings. The molecule has 0 aromatic heterocycles. The zero-order valence-electron chi connectivity index (χ0n) is 10.1. The first-order chi connectivity index (χ1) is 7.94. The molecular formula is C14H15NO2. The maximum atomic E-state index is 11.4. The molecule has 1 aromatic rings. The Balaban J connectivity index is 2.67. The van der Waals surface area contributed by atoms with E-state index in [9.17, 15) is 4.79 Å². The Morgan fingerprint density at radius 2 is 2.00 bits per heavy atom. The van der Waals surface area contributed by atoms with Crippen molar-refractivity contribution in [3.63, 3.8) is 0 Å². The summed E-state index contributed by atoms with van der Waals surface area (Å²) >= 11 is 0. The fraction of sp³-hybridized carbons (Fsp3) is 0.286. The lowest BCUT2D eigenvalue weighted by Gasteiger charge is -2.24. The molecule has 0 aliphatic rings. The van der Waals surface area contributed by atoms with Gasteiger partial charge in [0.1, 0.15) is 17.2 Å². The smallest absolute Gasteiger partial charge is 0.348 e. The number of nitrogens with zero attached hydrogens (tertiary/aromatic N) is 1. The standard InChI is InChI=1S/C14H15NO2/c1-11(10-15)13(16)17-14(2,3)9-12-7-5-4-6-8-12/h4-8H,1,9H2,2-3H3. The molecule has 0 amide bonds. The normalized spacial score (nSPS) is 10.4. The topological polar surface area (TPSA) is 50.1 Å². The lowest BCUT2D eigenvalue weighted by atomic mass is 9.98. The number of nitriles is 1. The van der Waals surface area contributed by atoms with E-state index < -0.39 is 11.6 Å². The van der Waals surface area contributed by atoms with Crippen LogP contribution in [0.2, 0.25) is 0 Å². The molecule has 0 spiro atoms. The van der Waals surface area contributed by atoms with Crippen LogP contribution in [0, 0.1) is 11.3 Å². The molecule has 17 heavy (non-hydrogen) atoms. The number of rotatable bonds is 4. The van der Waals surface area contributed by atoms with Crippen LogP contribution in [0.15, 0.2) is 42.5 Å². The molecular weight excluding hydrogens is 214 g/mol. The predicted molar refractivity (Wildman–Crippen MR) is 65.1 cm³/mol. The van der Waals surface area contributed by atoms with Gasteiger partial charge in [0.05, 0.1) is 0 Å². The zero-order valence-corrected chi connectivity index (χ0v) is 10.1. The number of carbonyl (C=O) groups is 1. The highest BCUT2D eigenvalue weighted by atomic mass is 16.6. The van der Waals surface area contributed by atoms with Crippen LogP contribution in [-0.4, -0.2) is 11.6 Å². The summed E-state index contributed by atoms with van der Waals surface area (Å²) in [6.07, 6.45) is 0.596. The molecule has 3 nitrogen and oxygen atoms in total. The van der Waals surface area contributed by atoms with E-state index in [1.165, 1.54) is 0 Å². The summed E-state index contributed by atoms with van der Waals surface area (Å²) in [5.74, 6) is -0.659. The minimum atomic E-state index is -0.659. The third-order valence-corrected chi connectivity index (χ3v) is 2.22. The van der Waals surface area contributed by atoms with Gasteiger partial charge in [0.15, 0.2) is 0 Å². The molecule has 3 heteroatoms. The molecule has 0 bridgehead atoms. The summed E-state index contributed by atoms with van der Waals surface area (Å²) in [6, 6.07) is 11.4. The fourth-order valence-electron chi connectivity index (χ4n) is 1.48. The van der Waals surface area contributed by atoms with Crippen molar-refractivity contribution >= 4 is 5.97 Å². The molecule has 0 saturated carbocycles. The van der Waals surface area contributed by atoms with E-state index >= 15 is 0 Å². The van der Waals surface area contributed by atoms with Crippen LogP contribution in [-0.2, 0) is 16.0 Å². The highest BCUT2D eigenvalue weighted by molar-refractivity contribution is 5.92. The fourth-order valence-corrected chi connectivity index (χ4v) is 1.48. The van der Waals surface area contributed by atoms with Crippen LogP contribution in [0.25, 0.3) is 0 Å². The Hall–Kier alpha value is -2.08. The number of hydrogen-bond acceptors (Lipinski definition) is 3. The maximum Gasteiger partial charge on any atom is 0.348 e. The molecule has 0 aliphatic carbocycles. The van der Waals surface area contributed by atoms with Crippen molar-refractivity contribution in [1.82, 2.24) is 0 Å². The molecule has 0 N–H and O–H groups in total. The molecule has 0 atom stereocenters. The van der Waals surface area contributed by atoms with E-state index in [-0.39, 0.29) is 5.57 Å². The maximum absolute atomic E-state index is 11.4. The first-order valence-corrected chi connectivity index (χ1v) is 5.31. The second-order valence-corrected chi connectivity index (χ2v) is 4.40. The van der Waals surface area contributed by atoms with Crippen molar-refractivity contribution in [2.75, 3.05) is 0 Å². The average molecular weight is 229 g/mol. The Morgan fingerprint density at radius 1 is 1.41 bits per heavy atom.